The van der Waals surface area contributed by atoms with Crippen LogP contribution in [0.4, 0.5) is 0 Å². The van der Waals surface area contributed by atoms with Crippen LogP contribution in [0.2, 0.25) is 0 Å². The summed E-state index contributed by atoms with van der Waals surface area (Å²) < 4.78 is 10.5. The van der Waals surface area contributed by atoms with Crippen LogP contribution in [0.25, 0.3) is 0 Å². The lowest BCUT2D eigenvalue weighted by atomic mass is 9.97. The summed E-state index contributed by atoms with van der Waals surface area (Å²) >= 11 is 0. The topological polar surface area (TPSA) is 35.5 Å². The summed E-state index contributed by atoms with van der Waals surface area (Å²) in [5, 5.41) is 0. The molecule has 0 aliphatic carbocycles. The minimum Gasteiger partial charge on any atom is -0.463 e. The predicted octanol–water partition coefficient (Wildman–Crippen LogP) is 3.17. The molecule has 0 spiro atoms. The molecule has 0 fully saturated rings. The van der Waals surface area contributed by atoms with Gasteiger partial charge in [-0.3, -0.25) is 4.79 Å². The van der Waals surface area contributed by atoms with Gasteiger partial charge in [0, 0.05) is 7.11 Å². The molecule has 0 radical (unpaired) electrons. The molecular weight excluding hydrogens is 204 g/mol. The lowest BCUT2D eigenvalue weighted by Crippen LogP contribution is -2.23. The minimum atomic E-state index is -0.0956. The van der Waals surface area contributed by atoms with Gasteiger partial charge in [-0.05, 0) is 47.0 Å². The normalized spacial score (nSPS) is 13.9. The quantitative estimate of drug-likeness (QED) is 0.630. The van der Waals surface area contributed by atoms with Crippen LogP contribution in [0, 0.1) is 5.92 Å². The fourth-order valence-corrected chi connectivity index (χ4v) is 1.40. The summed E-state index contributed by atoms with van der Waals surface area (Å²) in [7, 11) is 1.72. The van der Waals surface area contributed by atoms with Crippen LogP contribution in [-0.2, 0) is 14.3 Å². The van der Waals surface area contributed by atoms with E-state index >= 15 is 0 Å². The second-order valence-corrected chi connectivity index (χ2v) is 5.24. The van der Waals surface area contributed by atoms with Crippen molar-refractivity contribution in [2.24, 2.45) is 5.92 Å². The predicted molar refractivity (Wildman–Crippen MR) is 65.3 cm³/mol. The first-order valence-corrected chi connectivity index (χ1v) is 6.04. The largest absolute Gasteiger partial charge is 0.463 e. The molecule has 0 aliphatic heterocycles. The van der Waals surface area contributed by atoms with Gasteiger partial charge in [0.1, 0.15) is 0 Å². The van der Waals surface area contributed by atoms with Crippen LogP contribution in [-0.4, -0.2) is 24.8 Å². The number of ether oxygens (including phenoxy) is 2. The number of carbonyl (C=O) groups is 1. The Morgan fingerprint density at radius 2 is 1.81 bits per heavy atom. The first kappa shape index (κ1) is 15.4. The van der Waals surface area contributed by atoms with Gasteiger partial charge >= 0.3 is 5.97 Å². The number of carbonyl (C=O) groups excluding carboxylic acids is 1. The zero-order valence-electron chi connectivity index (χ0n) is 11.5. The average Bonchev–Trinajstić information content (AvgIpc) is 2.16. The smallest absolute Gasteiger partial charge is 0.308 e. The van der Waals surface area contributed by atoms with E-state index in [4.69, 9.17) is 9.47 Å². The van der Waals surface area contributed by atoms with Crippen LogP contribution in [0.1, 0.15) is 53.9 Å². The van der Waals surface area contributed by atoms with E-state index in [2.05, 4.69) is 13.8 Å². The molecule has 1 unspecified atom stereocenters. The summed E-state index contributed by atoms with van der Waals surface area (Å²) in [5.41, 5.74) is -0.0956. The van der Waals surface area contributed by atoms with E-state index in [1.54, 1.807) is 7.11 Å². The first-order valence-electron chi connectivity index (χ1n) is 6.04. The van der Waals surface area contributed by atoms with E-state index in [0.717, 1.165) is 19.3 Å². The third kappa shape index (κ3) is 6.83. The maximum absolute atomic E-state index is 11.5. The maximum Gasteiger partial charge on any atom is 0.308 e. The molecule has 3 heteroatoms. The van der Waals surface area contributed by atoms with Gasteiger partial charge in [-0.1, -0.05) is 6.92 Å². The Hall–Kier alpha value is -0.570. The number of methoxy groups -OCH3 is 1. The average molecular weight is 230 g/mol. The highest BCUT2D eigenvalue weighted by Crippen LogP contribution is 2.19. The summed E-state index contributed by atoms with van der Waals surface area (Å²) in [6.07, 6.45) is 2.78. The third-order valence-electron chi connectivity index (χ3n) is 2.72. The molecule has 3 nitrogen and oxygen atoms in total. The highest BCUT2D eigenvalue weighted by atomic mass is 16.5. The molecule has 0 N–H and O–H groups in total. The van der Waals surface area contributed by atoms with Crippen molar-refractivity contribution in [3.63, 3.8) is 0 Å². The zero-order chi connectivity index (χ0) is 12.8. The summed E-state index contributed by atoms with van der Waals surface area (Å²) in [5.74, 6) is -0.111. The van der Waals surface area contributed by atoms with E-state index in [9.17, 15) is 4.79 Å². The maximum atomic E-state index is 11.5. The molecule has 0 aliphatic rings. The van der Waals surface area contributed by atoms with Gasteiger partial charge in [0.05, 0.1) is 17.6 Å². The minimum absolute atomic E-state index is 0.0185. The van der Waals surface area contributed by atoms with Crippen molar-refractivity contribution in [1.29, 1.82) is 0 Å². The van der Waals surface area contributed by atoms with Crippen molar-refractivity contribution in [3.05, 3.63) is 0 Å². The molecule has 16 heavy (non-hydrogen) atoms. The van der Waals surface area contributed by atoms with E-state index < -0.39 is 0 Å². The van der Waals surface area contributed by atoms with Gasteiger partial charge in [-0.15, -0.1) is 0 Å². The fourth-order valence-electron chi connectivity index (χ4n) is 1.40. The van der Waals surface area contributed by atoms with Crippen molar-refractivity contribution in [2.75, 3.05) is 7.11 Å². The number of hydrogen-bond acceptors (Lipinski definition) is 3. The van der Waals surface area contributed by atoms with Crippen molar-refractivity contribution in [1.82, 2.24) is 0 Å². The van der Waals surface area contributed by atoms with E-state index in [1.165, 1.54) is 0 Å². The molecule has 0 saturated carbocycles. The fraction of sp³-hybridized carbons (Fsp3) is 0.923. The summed E-state index contributed by atoms with van der Waals surface area (Å²) in [6.45, 7) is 9.79. The Morgan fingerprint density at radius 1 is 1.25 bits per heavy atom. The van der Waals surface area contributed by atoms with Crippen molar-refractivity contribution in [2.45, 2.75) is 65.6 Å². The molecule has 0 aromatic heterocycles. The third-order valence-corrected chi connectivity index (χ3v) is 2.72. The standard InChI is InChI=1S/C13H26O3/c1-10(2)16-12(14)11(3)8-7-9-13(4,5)15-6/h10-11H,7-9H2,1-6H3. The van der Waals surface area contributed by atoms with E-state index in [-0.39, 0.29) is 23.6 Å². The molecule has 0 aromatic rings. The summed E-state index contributed by atoms with van der Waals surface area (Å²) in [6, 6.07) is 0. The van der Waals surface area contributed by atoms with E-state index in [1.807, 2.05) is 20.8 Å². The first-order chi connectivity index (χ1) is 7.28. The van der Waals surface area contributed by atoms with Gasteiger partial charge < -0.3 is 9.47 Å². The number of rotatable bonds is 7. The van der Waals surface area contributed by atoms with Gasteiger partial charge in [0.15, 0.2) is 0 Å². The second kappa shape index (κ2) is 6.89. The molecule has 0 bridgehead atoms. The van der Waals surface area contributed by atoms with Crippen LogP contribution >= 0.6 is 0 Å². The lowest BCUT2D eigenvalue weighted by Gasteiger charge is -2.23. The van der Waals surface area contributed by atoms with Gasteiger partial charge in [0.2, 0.25) is 0 Å². The van der Waals surface area contributed by atoms with Crippen LogP contribution < -0.4 is 0 Å². The van der Waals surface area contributed by atoms with Crippen molar-refractivity contribution in [3.8, 4) is 0 Å². The van der Waals surface area contributed by atoms with Gasteiger partial charge in [0.25, 0.3) is 0 Å². The molecular formula is C13H26O3. The molecule has 0 aromatic carbocycles. The highest BCUT2D eigenvalue weighted by molar-refractivity contribution is 5.72. The van der Waals surface area contributed by atoms with Gasteiger partial charge in [-0.25, -0.2) is 0 Å². The highest BCUT2D eigenvalue weighted by Gasteiger charge is 2.19. The molecule has 0 rings (SSSR count). The lowest BCUT2D eigenvalue weighted by molar-refractivity contribution is -0.152. The van der Waals surface area contributed by atoms with Crippen LogP contribution in [0.5, 0.6) is 0 Å². The van der Waals surface area contributed by atoms with Gasteiger partial charge in [-0.2, -0.15) is 0 Å². The Kier molecular flexibility index (Phi) is 6.65. The molecule has 1 atom stereocenters. The molecule has 0 heterocycles. The molecule has 96 valence electrons. The van der Waals surface area contributed by atoms with Crippen molar-refractivity contribution < 1.29 is 14.3 Å². The number of esters is 1. The monoisotopic (exact) mass is 230 g/mol. The Morgan fingerprint density at radius 3 is 2.25 bits per heavy atom. The molecule has 0 saturated heterocycles. The number of hydrogen-bond donors (Lipinski definition) is 0. The van der Waals surface area contributed by atoms with Crippen LogP contribution in [0.3, 0.4) is 0 Å². The second-order valence-electron chi connectivity index (χ2n) is 5.24. The zero-order valence-corrected chi connectivity index (χ0v) is 11.5. The Bertz CT molecular complexity index is 209. The van der Waals surface area contributed by atoms with Crippen molar-refractivity contribution >= 4 is 5.97 Å². The van der Waals surface area contributed by atoms with Crippen LogP contribution in [0.15, 0.2) is 0 Å². The Labute approximate surface area is 99.5 Å². The Balaban J connectivity index is 3.81. The molecule has 0 amide bonds. The summed E-state index contributed by atoms with van der Waals surface area (Å²) in [4.78, 5) is 11.5. The SMILES string of the molecule is COC(C)(C)CCCC(C)C(=O)OC(C)C. The van der Waals surface area contributed by atoms with E-state index in [0.29, 0.717) is 0 Å².